The number of rotatable bonds is 7. The number of hydrogen-bond acceptors (Lipinski definition) is 3. The highest BCUT2D eigenvalue weighted by atomic mass is 31.2. The van der Waals surface area contributed by atoms with Crippen molar-refractivity contribution in [3.63, 3.8) is 0 Å². The van der Waals surface area contributed by atoms with E-state index < -0.39 is 7.82 Å². The van der Waals surface area contributed by atoms with Crippen molar-refractivity contribution in [3.05, 3.63) is 12.2 Å². The molecule has 0 bridgehead atoms. The number of carbonyl (C=O) groups excluding carboxylic acids is 1. The maximum Gasteiger partial charge on any atom is 0.466 e. The Morgan fingerprint density at radius 1 is 1.17 bits per heavy atom. The summed E-state index contributed by atoms with van der Waals surface area (Å²) >= 11 is 0. The van der Waals surface area contributed by atoms with E-state index in [0.717, 1.165) is 32.1 Å². The fraction of sp³-hybridized carbons (Fsp3) is 0.727. The standard InChI is InChI=1S/C11H20O2.H3O4P/c1-4-6-8-10(3)11(12)13-9-7-5-2;1-5(2,3)4/h3-9H2,1-2H3;(H3,1,2,3,4). The summed E-state index contributed by atoms with van der Waals surface area (Å²) < 4.78 is 13.9. The Bertz CT molecular complexity index is 275. The van der Waals surface area contributed by atoms with Crippen LogP contribution in [0.25, 0.3) is 0 Å². The average Bonchev–Trinajstić information content (AvgIpc) is 2.23. The summed E-state index contributed by atoms with van der Waals surface area (Å²) in [6.07, 6.45) is 4.85. The lowest BCUT2D eigenvalue weighted by Gasteiger charge is -2.05. The first-order chi connectivity index (χ1) is 8.22. The third-order valence-corrected chi connectivity index (χ3v) is 1.85. The van der Waals surface area contributed by atoms with Gasteiger partial charge in [0.1, 0.15) is 0 Å². The van der Waals surface area contributed by atoms with E-state index in [1.807, 2.05) is 0 Å². The summed E-state index contributed by atoms with van der Waals surface area (Å²) in [5, 5.41) is 0. The molecular formula is C11H23O6P. The molecule has 3 N–H and O–H groups in total. The molecule has 0 spiro atoms. The zero-order valence-electron chi connectivity index (χ0n) is 11.0. The van der Waals surface area contributed by atoms with Gasteiger partial charge in [-0.05, 0) is 19.3 Å². The molecule has 0 aliphatic rings. The van der Waals surface area contributed by atoms with Crippen molar-refractivity contribution in [1.82, 2.24) is 0 Å². The molecule has 0 rings (SSSR count). The Balaban J connectivity index is 0. The monoisotopic (exact) mass is 282 g/mol. The van der Waals surface area contributed by atoms with Crippen LogP contribution >= 0.6 is 7.82 Å². The zero-order chi connectivity index (χ0) is 14.6. The summed E-state index contributed by atoms with van der Waals surface area (Å²) in [7, 11) is -4.64. The van der Waals surface area contributed by atoms with Gasteiger partial charge in [-0.15, -0.1) is 0 Å². The van der Waals surface area contributed by atoms with Crippen molar-refractivity contribution >= 4 is 13.8 Å². The van der Waals surface area contributed by atoms with Crippen LogP contribution in [0.3, 0.4) is 0 Å². The first-order valence-corrected chi connectivity index (χ1v) is 7.42. The SMILES string of the molecule is C=C(CCCC)C(=O)OCCCC.O=P(O)(O)O. The molecule has 6 nitrogen and oxygen atoms in total. The van der Waals surface area contributed by atoms with Crippen LogP contribution in [-0.4, -0.2) is 27.3 Å². The summed E-state index contributed by atoms with van der Waals surface area (Å²) in [6, 6.07) is 0. The minimum Gasteiger partial charge on any atom is -0.462 e. The van der Waals surface area contributed by atoms with Crippen molar-refractivity contribution in [2.24, 2.45) is 0 Å². The number of ether oxygens (including phenoxy) is 1. The predicted molar refractivity (Wildman–Crippen MR) is 68.8 cm³/mol. The van der Waals surface area contributed by atoms with E-state index in [1.54, 1.807) is 0 Å². The molecule has 0 aromatic heterocycles. The molecule has 0 saturated carbocycles. The minimum atomic E-state index is -4.64. The second-order valence-electron chi connectivity index (χ2n) is 3.71. The summed E-state index contributed by atoms with van der Waals surface area (Å²) in [5.74, 6) is -0.220. The molecular weight excluding hydrogens is 259 g/mol. The summed E-state index contributed by atoms with van der Waals surface area (Å²) in [5.41, 5.74) is 0.609. The van der Waals surface area contributed by atoms with Gasteiger partial charge in [-0.1, -0.05) is 33.3 Å². The fourth-order valence-corrected chi connectivity index (χ4v) is 0.903. The molecule has 0 heterocycles. The molecule has 0 amide bonds. The molecule has 0 fully saturated rings. The molecule has 0 unspecified atom stereocenters. The Morgan fingerprint density at radius 3 is 2.00 bits per heavy atom. The van der Waals surface area contributed by atoms with E-state index in [0.29, 0.717) is 12.2 Å². The van der Waals surface area contributed by atoms with Gasteiger partial charge in [0.2, 0.25) is 0 Å². The van der Waals surface area contributed by atoms with E-state index in [1.165, 1.54) is 0 Å². The number of unbranched alkanes of at least 4 members (excludes halogenated alkanes) is 2. The minimum absolute atomic E-state index is 0.220. The second kappa shape index (κ2) is 11.4. The quantitative estimate of drug-likeness (QED) is 0.286. The summed E-state index contributed by atoms with van der Waals surface area (Å²) in [6.45, 7) is 8.39. The smallest absolute Gasteiger partial charge is 0.462 e. The van der Waals surface area contributed by atoms with E-state index in [-0.39, 0.29) is 5.97 Å². The van der Waals surface area contributed by atoms with Crippen molar-refractivity contribution < 1.29 is 28.8 Å². The third kappa shape index (κ3) is 20.7. The van der Waals surface area contributed by atoms with Crippen LogP contribution in [0.1, 0.15) is 46.0 Å². The van der Waals surface area contributed by atoms with Crippen LogP contribution in [-0.2, 0) is 14.1 Å². The maximum atomic E-state index is 11.2. The second-order valence-corrected chi connectivity index (χ2v) is 4.74. The number of carbonyl (C=O) groups is 1. The molecule has 0 aliphatic heterocycles. The van der Waals surface area contributed by atoms with Crippen LogP contribution in [0.4, 0.5) is 0 Å². The molecule has 0 atom stereocenters. The van der Waals surface area contributed by atoms with Crippen LogP contribution in [0.5, 0.6) is 0 Å². The molecule has 7 heteroatoms. The largest absolute Gasteiger partial charge is 0.466 e. The lowest BCUT2D eigenvalue weighted by molar-refractivity contribution is -0.139. The van der Waals surface area contributed by atoms with Gasteiger partial charge in [0, 0.05) is 5.57 Å². The Morgan fingerprint density at radius 2 is 1.61 bits per heavy atom. The molecule has 0 radical (unpaired) electrons. The van der Waals surface area contributed by atoms with E-state index in [2.05, 4.69) is 20.4 Å². The first kappa shape index (κ1) is 19.7. The highest BCUT2D eigenvalue weighted by Gasteiger charge is 2.06. The van der Waals surface area contributed by atoms with Gasteiger partial charge < -0.3 is 19.4 Å². The zero-order valence-corrected chi connectivity index (χ0v) is 11.9. The molecule has 108 valence electrons. The van der Waals surface area contributed by atoms with Gasteiger partial charge in [-0.3, -0.25) is 0 Å². The average molecular weight is 282 g/mol. The molecule has 0 aliphatic carbocycles. The number of hydrogen-bond donors (Lipinski definition) is 3. The van der Waals surface area contributed by atoms with Crippen LogP contribution in [0.2, 0.25) is 0 Å². The van der Waals surface area contributed by atoms with E-state index >= 15 is 0 Å². The molecule has 0 aromatic rings. The van der Waals surface area contributed by atoms with E-state index in [9.17, 15) is 4.79 Å². The molecule has 18 heavy (non-hydrogen) atoms. The van der Waals surface area contributed by atoms with Crippen LogP contribution < -0.4 is 0 Å². The topological polar surface area (TPSA) is 104 Å². The van der Waals surface area contributed by atoms with Crippen molar-refractivity contribution in [2.75, 3.05) is 6.61 Å². The Hall–Kier alpha value is -0.680. The maximum absolute atomic E-state index is 11.2. The lowest BCUT2D eigenvalue weighted by atomic mass is 10.1. The highest BCUT2D eigenvalue weighted by molar-refractivity contribution is 7.45. The van der Waals surface area contributed by atoms with Gasteiger partial charge >= 0.3 is 13.8 Å². The van der Waals surface area contributed by atoms with Crippen molar-refractivity contribution in [3.8, 4) is 0 Å². The number of esters is 1. The fourth-order valence-electron chi connectivity index (χ4n) is 0.903. The van der Waals surface area contributed by atoms with Crippen molar-refractivity contribution in [2.45, 2.75) is 46.0 Å². The lowest BCUT2D eigenvalue weighted by Crippen LogP contribution is -2.08. The van der Waals surface area contributed by atoms with Gasteiger partial charge in [0.25, 0.3) is 0 Å². The van der Waals surface area contributed by atoms with Crippen LogP contribution in [0, 0.1) is 0 Å². The van der Waals surface area contributed by atoms with Crippen LogP contribution in [0.15, 0.2) is 12.2 Å². The predicted octanol–water partition coefficient (Wildman–Crippen LogP) is 2.15. The Kier molecular flexibility index (Phi) is 12.5. The van der Waals surface area contributed by atoms with E-state index in [4.69, 9.17) is 24.0 Å². The summed E-state index contributed by atoms with van der Waals surface area (Å²) in [4.78, 5) is 32.8. The molecule has 0 saturated heterocycles. The highest BCUT2D eigenvalue weighted by Crippen LogP contribution is 2.25. The third-order valence-electron chi connectivity index (χ3n) is 1.85. The Labute approximate surface area is 108 Å². The van der Waals surface area contributed by atoms with Crippen molar-refractivity contribution in [1.29, 1.82) is 0 Å². The van der Waals surface area contributed by atoms with Gasteiger partial charge in [0.05, 0.1) is 6.61 Å². The van der Waals surface area contributed by atoms with Gasteiger partial charge in [-0.25, -0.2) is 9.36 Å². The number of phosphoric acid groups is 1. The first-order valence-electron chi connectivity index (χ1n) is 5.85. The van der Waals surface area contributed by atoms with Gasteiger partial charge in [0.15, 0.2) is 0 Å². The normalized spacial score (nSPS) is 10.3. The molecule has 0 aromatic carbocycles. The van der Waals surface area contributed by atoms with Gasteiger partial charge in [-0.2, -0.15) is 0 Å².